The topological polar surface area (TPSA) is 0 Å². The lowest BCUT2D eigenvalue weighted by molar-refractivity contribution is 0.851. The number of hydrogen-bond acceptors (Lipinski definition) is 0. The Morgan fingerprint density at radius 1 is 0.303 bits per heavy atom. The Morgan fingerprint density at radius 2 is 0.539 bits per heavy atom. The summed E-state index contributed by atoms with van der Waals surface area (Å²) in [6, 6.07) is 75.3. The van der Waals surface area contributed by atoms with Crippen LogP contribution in [0.1, 0.15) is 128 Å². The minimum Gasteiger partial charge on any atom is -0.0636 e. The second-order valence-electron chi connectivity index (χ2n) is 22.3. The van der Waals surface area contributed by atoms with Gasteiger partial charge in [0.1, 0.15) is 0 Å². The Balaban J connectivity index is 1.40. The smallest absolute Gasteiger partial charge is 0.0636 e. The molecule has 0 amide bonds. The summed E-state index contributed by atoms with van der Waals surface area (Å²) >= 11 is 0. The van der Waals surface area contributed by atoms with E-state index in [1.807, 2.05) is 0 Å². The summed E-state index contributed by atoms with van der Waals surface area (Å²) in [5, 5.41) is 6.41. The number of rotatable bonds is 16. The highest BCUT2D eigenvalue weighted by molar-refractivity contribution is 7.17. The highest BCUT2D eigenvalue weighted by Crippen LogP contribution is 2.45. The summed E-state index contributed by atoms with van der Waals surface area (Å²) < 4.78 is 0. The maximum Gasteiger partial charge on any atom is 0.178 e. The third-order valence-corrected chi connectivity index (χ3v) is 23.7. The van der Waals surface area contributed by atoms with Crippen LogP contribution < -0.4 is 15.6 Å². The second kappa shape index (κ2) is 22.5. The molecule has 0 radical (unpaired) electrons. The first kappa shape index (κ1) is 52.1. The van der Waals surface area contributed by atoms with E-state index in [1.165, 1.54) is 117 Å². The van der Waals surface area contributed by atoms with Crippen LogP contribution in [0.25, 0.3) is 0 Å². The molecule has 1 atom stereocenters. The summed E-state index contributed by atoms with van der Waals surface area (Å²) in [6.45, 7) is 25.0. The highest BCUT2D eigenvalue weighted by atomic mass is 28.3. The third-order valence-electron chi connectivity index (χ3n) is 17.6. The summed E-state index contributed by atoms with van der Waals surface area (Å²) in [7, 11) is -3.42. The van der Waals surface area contributed by atoms with Crippen molar-refractivity contribution in [3.63, 3.8) is 0 Å². The zero-order chi connectivity index (χ0) is 53.1. The molecule has 1 heteroatoms. The average Bonchev–Trinajstić information content (AvgIpc) is 3.63. The third kappa shape index (κ3) is 10.1. The van der Waals surface area contributed by atoms with Crippen molar-refractivity contribution >= 4 is 23.6 Å². The van der Waals surface area contributed by atoms with E-state index in [4.69, 9.17) is 0 Å². The standard InChI is InChI=1S/C75H76Si/c1-50-41-66(44-60-29-17-11-18-30-60)69(47-63-35-23-14-24-36-63)57(8)72(50)76(75-55(6)53(4)54(5)56(75)7,73-51(2)42-67(45-61-31-19-12-20-32-61)70(58(73)9)48-64-37-25-15-26-38-64)74-52(3)43-68(46-62-33-21-13-22-34-62)71(59(74)10)49-65-39-27-16-28-40-65/h11-43,55H,44-49H2,1-10H3. The van der Waals surface area contributed by atoms with Crippen LogP contribution in [0.4, 0.5) is 0 Å². The zero-order valence-electron chi connectivity index (χ0n) is 46.9. The summed E-state index contributed by atoms with van der Waals surface area (Å²) in [4.78, 5) is 0. The van der Waals surface area contributed by atoms with Gasteiger partial charge in [-0.3, -0.25) is 0 Å². The SMILES string of the molecule is CC1=C(C)C(C)C([Si](c2c(C)cc(Cc3ccccc3)c(Cc3ccccc3)c2C)(c2c(C)cc(Cc3ccccc3)c(Cc3ccccc3)c2C)c2c(C)cc(Cc3ccccc3)c(Cc3ccccc3)c2C)=C1C. The van der Waals surface area contributed by atoms with Gasteiger partial charge in [-0.2, -0.15) is 0 Å². The Labute approximate surface area is 457 Å². The van der Waals surface area contributed by atoms with Crippen molar-refractivity contribution in [3.05, 3.63) is 322 Å². The number of allylic oxidation sites excluding steroid dienone is 4. The number of benzene rings is 9. The molecule has 9 aromatic rings. The molecule has 0 spiro atoms. The maximum absolute atomic E-state index is 3.42. The number of aryl methyl sites for hydroxylation is 3. The van der Waals surface area contributed by atoms with Crippen molar-refractivity contribution in [1.82, 2.24) is 0 Å². The van der Waals surface area contributed by atoms with Crippen LogP contribution in [-0.4, -0.2) is 8.07 Å². The van der Waals surface area contributed by atoms with E-state index in [0.717, 1.165) is 38.5 Å². The van der Waals surface area contributed by atoms with E-state index < -0.39 is 8.07 Å². The molecule has 0 aromatic heterocycles. The fourth-order valence-corrected chi connectivity index (χ4v) is 21.2. The van der Waals surface area contributed by atoms with Gasteiger partial charge in [0.2, 0.25) is 0 Å². The predicted molar refractivity (Wildman–Crippen MR) is 328 cm³/mol. The van der Waals surface area contributed by atoms with Gasteiger partial charge in [0.25, 0.3) is 0 Å². The molecule has 0 saturated carbocycles. The van der Waals surface area contributed by atoms with Crippen LogP contribution in [-0.2, 0) is 38.5 Å². The molecule has 0 saturated heterocycles. The van der Waals surface area contributed by atoms with Crippen molar-refractivity contribution in [1.29, 1.82) is 0 Å². The van der Waals surface area contributed by atoms with Crippen molar-refractivity contribution in [2.75, 3.05) is 0 Å². The van der Waals surface area contributed by atoms with Gasteiger partial charge in [0.05, 0.1) is 0 Å². The van der Waals surface area contributed by atoms with Crippen LogP contribution in [0.5, 0.6) is 0 Å². The van der Waals surface area contributed by atoms with E-state index in [9.17, 15) is 0 Å². The van der Waals surface area contributed by atoms with Crippen molar-refractivity contribution < 1.29 is 0 Å². The summed E-state index contributed by atoms with van der Waals surface area (Å²) in [5.41, 5.74) is 29.9. The summed E-state index contributed by atoms with van der Waals surface area (Å²) in [5.74, 6) is 0.243. The fourth-order valence-electron chi connectivity index (χ4n) is 13.9. The van der Waals surface area contributed by atoms with Gasteiger partial charge in [-0.15, -0.1) is 0 Å². The van der Waals surface area contributed by atoms with Crippen molar-refractivity contribution in [2.45, 2.75) is 108 Å². The molecule has 0 aliphatic heterocycles. The molecule has 0 fully saturated rings. The number of hydrogen-bond donors (Lipinski definition) is 0. The van der Waals surface area contributed by atoms with E-state index in [1.54, 1.807) is 20.8 Å². The second-order valence-corrected chi connectivity index (χ2v) is 25.8. The molecule has 0 bridgehead atoms. The average molecular weight is 1010 g/mol. The van der Waals surface area contributed by atoms with E-state index in [0.29, 0.717) is 0 Å². The zero-order valence-corrected chi connectivity index (χ0v) is 47.9. The molecule has 10 rings (SSSR count). The first-order valence-electron chi connectivity index (χ1n) is 27.8. The lowest BCUT2D eigenvalue weighted by Gasteiger charge is -2.45. The van der Waals surface area contributed by atoms with Crippen LogP contribution in [0.3, 0.4) is 0 Å². The van der Waals surface area contributed by atoms with Gasteiger partial charge >= 0.3 is 0 Å². The van der Waals surface area contributed by atoms with Gasteiger partial charge in [0, 0.05) is 0 Å². The Morgan fingerprint density at radius 3 is 0.763 bits per heavy atom. The Kier molecular flexibility index (Phi) is 15.4. The molecule has 9 aromatic carbocycles. The van der Waals surface area contributed by atoms with Gasteiger partial charge in [-0.25, -0.2) is 0 Å². The first-order valence-corrected chi connectivity index (χ1v) is 29.8. The van der Waals surface area contributed by atoms with Crippen molar-refractivity contribution in [2.24, 2.45) is 5.92 Å². The normalized spacial score (nSPS) is 13.7. The predicted octanol–water partition coefficient (Wildman–Crippen LogP) is 16.4. The molecule has 0 N–H and O–H groups in total. The van der Waals surface area contributed by atoms with Gasteiger partial charge in [-0.1, -0.05) is 240 Å². The van der Waals surface area contributed by atoms with Crippen LogP contribution >= 0.6 is 0 Å². The molecule has 380 valence electrons. The molecule has 0 heterocycles. The molecule has 1 unspecified atom stereocenters. The molecule has 1 aliphatic rings. The Bertz CT molecular complexity index is 3240. The summed E-state index contributed by atoms with van der Waals surface area (Å²) in [6.07, 6.45) is 5.28. The monoisotopic (exact) mass is 1000 g/mol. The quantitative estimate of drug-likeness (QED) is 0.0668. The lowest BCUT2D eigenvalue weighted by Crippen LogP contribution is -2.73. The van der Waals surface area contributed by atoms with Crippen LogP contribution in [0.2, 0.25) is 0 Å². The van der Waals surface area contributed by atoms with E-state index >= 15 is 0 Å². The fraction of sp³-hybridized carbons (Fsp3) is 0.227. The van der Waals surface area contributed by atoms with Crippen LogP contribution in [0, 0.1) is 47.5 Å². The van der Waals surface area contributed by atoms with Gasteiger partial charge < -0.3 is 0 Å². The van der Waals surface area contributed by atoms with Crippen LogP contribution in [0.15, 0.2) is 222 Å². The van der Waals surface area contributed by atoms with Gasteiger partial charge in [0.15, 0.2) is 8.07 Å². The molecule has 76 heavy (non-hydrogen) atoms. The molecule has 1 aliphatic carbocycles. The molecular weight excluding hydrogens is 929 g/mol. The minimum atomic E-state index is -3.42. The largest absolute Gasteiger partial charge is 0.178 e. The minimum absolute atomic E-state index is 0.243. The highest BCUT2D eigenvalue weighted by Gasteiger charge is 2.53. The first-order chi connectivity index (χ1) is 36.8. The molecule has 0 nitrogen and oxygen atoms in total. The maximum atomic E-state index is 2.65. The van der Waals surface area contributed by atoms with E-state index in [2.05, 4.69) is 269 Å². The van der Waals surface area contributed by atoms with E-state index in [-0.39, 0.29) is 5.92 Å². The lowest BCUT2D eigenvalue weighted by atomic mass is 9.89. The van der Waals surface area contributed by atoms with Crippen molar-refractivity contribution in [3.8, 4) is 0 Å². The molecular formula is C75H76Si. The Hall–Kier alpha value is -7.32. The van der Waals surface area contributed by atoms with Gasteiger partial charge in [-0.05, 0) is 211 Å².